The molecule has 74 valence electrons. The molecular weight excluding hydrogens is 166 g/mol. The summed E-state index contributed by atoms with van der Waals surface area (Å²) >= 11 is 0. The summed E-state index contributed by atoms with van der Waals surface area (Å²) in [5, 5.41) is 6.96. The zero-order valence-electron chi connectivity index (χ0n) is 8.72. The van der Waals surface area contributed by atoms with Gasteiger partial charge < -0.3 is 9.84 Å². The van der Waals surface area contributed by atoms with E-state index in [9.17, 15) is 0 Å². The van der Waals surface area contributed by atoms with Crippen molar-refractivity contribution in [3.8, 4) is 0 Å². The standard InChI is InChI=1S/C9H17N3O/c1-9(2,3)8-11-7(13-12-8)5-6-10-4/h10H,5-6H2,1-4H3. The van der Waals surface area contributed by atoms with Crippen LogP contribution >= 0.6 is 0 Å². The van der Waals surface area contributed by atoms with E-state index in [0.717, 1.165) is 18.8 Å². The maximum atomic E-state index is 5.09. The lowest BCUT2D eigenvalue weighted by atomic mass is 9.96. The molecule has 0 spiro atoms. The summed E-state index contributed by atoms with van der Waals surface area (Å²) in [6.45, 7) is 7.07. The molecule has 0 atom stereocenters. The second-order valence-electron chi connectivity index (χ2n) is 4.12. The zero-order chi connectivity index (χ0) is 9.90. The Hall–Kier alpha value is -0.900. The van der Waals surface area contributed by atoms with E-state index in [1.54, 1.807) is 0 Å². The predicted octanol–water partition coefficient (Wildman–Crippen LogP) is 1.13. The fraction of sp³-hybridized carbons (Fsp3) is 0.778. The summed E-state index contributed by atoms with van der Waals surface area (Å²) in [4.78, 5) is 4.30. The average molecular weight is 183 g/mol. The highest BCUT2D eigenvalue weighted by Gasteiger charge is 2.20. The van der Waals surface area contributed by atoms with Crippen LogP contribution in [0.5, 0.6) is 0 Å². The molecule has 0 bridgehead atoms. The Kier molecular flexibility index (Phi) is 3.03. The molecule has 0 amide bonds. The van der Waals surface area contributed by atoms with Crippen LogP contribution in [0.3, 0.4) is 0 Å². The minimum Gasteiger partial charge on any atom is -0.339 e. The topological polar surface area (TPSA) is 51.0 Å². The summed E-state index contributed by atoms with van der Waals surface area (Å²) < 4.78 is 5.09. The normalized spacial score (nSPS) is 12.0. The van der Waals surface area contributed by atoms with Crippen LogP contribution in [0.4, 0.5) is 0 Å². The molecule has 13 heavy (non-hydrogen) atoms. The second-order valence-corrected chi connectivity index (χ2v) is 4.12. The van der Waals surface area contributed by atoms with Crippen molar-refractivity contribution in [2.45, 2.75) is 32.6 Å². The Balaban J connectivity index is 2.64. The van der Waals surface area contributed by atoms with Crippen LogP contribution < -0.4 is 5.32 Å². The first-order valence-corrected chi connectivity index (χ1v) is 4.51. The fourth-order valence-corrected chi connectivity index (χ4v) is 0.893. The lowest BCUT2D eigenvalue weighted by molar-refractivity contribution is 0.362. The number of aromatic nitrogens is 2. The molecule has 1 aromatic heterocycles. The number of likely N-dealkylation sites (N-methyl/N-ethyl adjacent to an activating group) is 1. The van der Waals surface area contributed by atoms with E-state index < -0.39 is 0 Å². The molecule has 0 saturated carbocycles. The number of nitrogens with zero attached hydrogens (tertiary/aromatic N) is 2. The van der Waals surface area contributed by atoms with Crippen molar-refractivity contribution < 1.29 is 4.52 Å². The number of hydrogen-bond donors (Lipinski definition) is 1. The highest BCUT2D eigenvalue weighted by atomic mass is 16.5. The molecular formula is C9H17N3O. The minimum atomic E-state index is -0.0264. The van der Waals surface area contributed by atoms with Crippen molar-refractivity contribution in [2.24, 2.45) is 0 Å². The molecule has 1 aromatic rings. The molecule has 0 aromatic carbocycles. The summed E-state index contributed by atoms with van der Waals surface area (Å²) in [6, 6.07) is 0. The van der Waals surface area contributed by atoms with Crippen LogP contribution in [0.2, 0.25) is 0 Å². The van der Waals surface area contributed by atoms with Gasteiger partial charge in [-0.15, -0.1) is 0 Å². The van der Waals surface area contributed by atoms with Crippen LogP contribution in [-0.4, -0.2) is 23.7 Å². The quantitative estimate of drug-likeness (QED) is 0.763. The van der Waals surface area contributed by atoms with Crippen molar-refractivity contribution in [1.82, 2.24) is 15.5 Å². The van der Waals surface area contributed by atoms with Crippen molar-refractivity contribution in [1.29, 1.82) is 0 Å². The van der Waals surface area contributed by atoms with Gasteiger partial charge in [0.05, 0.1) is 0 Å². The van der Waals surface area contributed by atoms with Gasteiger partial charge >= 0.3 is 0 Å². The van der Waals surface area contributed by atoms with Crippen molar-refractivity contribution in [3.63, 3.8) is 0 Å². The van der Waals surface area contributed by atoms with Gasteiger partial charge in [0.25, 0.3) is 0 Å². The number of nitrogens with one attached hydrogen (secondary N) is 1. The molecule has 0 fully saturated rings. The van der Waals surface area contributed by atoms with E-state index in [4.69, 9.17) is 4.52 Å². The molecule has 0 saturated heterocycles. The van der Waals surface area contributed by atoms with E-state index in [2.05, 4.69) is 36.2 Å². The predicted molar refractivity (Wildman–Crippen MR) is 50.6 cm³/mol. The fourth-order valence-electron chi connectivity index (χ4n) is 0.893. The van der Waals surface area contributed by atoms with Gasteiger partial charge in [-0.25, -0.2) is 0 Å². The van der Waals surface area contributed by atoms with Gasteiger partial charge in [0.1, 0.15) is 0 Å². The third-order valence-electron chi connectivity index (χ3n) is 1.73. The SMILES string of the molecule is CNCCc1nc(C(C)(C)C)no1. The number of hydrogen-bond acceptors (Lipinski definition) is 4. The average Bonchev–Trinajstić information content (AvgIpc) is 2.47. The van der Waals surface area contributed by atoms with Gasteiger partial charge in [0.15, 0.2) is 5.82 Å². The molecule has 4 heteroatoms. The van der Waals surface area contributed by atoms with Crippen LogP contribution in [0.15, 0.2) is 4.52 Å². The maximum Gasteiger partial charge on any atom is 0.227 e. The van der Waals surface area contributed by atoms with E-state index >= 15 is 0 Å². The van der Waals surface area contributed by atoms with Gasteiger partial charge in [-0.2, -0.15) is 4.98 Å². The number of rotatable bonds is 3. The molecule has 0 aliphatic carbocycles. The smallest absolute Gasteiger partial charge is 0.227 e. The third-order valence-corrected chi connectivity index (χ3v) is 1.73. The Labute approximate surface area is 78.7 Å². The van der Waals surface area contributed by atoms with Crippen LogP contribution in [0.1, 0.15) is 32.5 Å². The molecule has 0 aliphatic rings. The van der Waals surface area contributed by atoms with E-state index in [1.807, 2.05) is 7.05 Å². The van der Waals surface area contributed by atoms with Crippen molar-refractivity contribution in [2.75, 3.05) is 13.6 Å². The summed E-state index contributed by atoms with van der Waals surface area (Å²) in [7, 11) is 1.90. The van der Waals surface area contributed by atoms with E-state index in [1.165, 1.54) is 0 Å². The monoisotopic (exact) mass is 183 g/mol. The second kappa shape index (κ2) is 3.87. The summed E-state index contributed by atoms with van der Waals surface area (Å²) in [5.41, 5.74) is -0.0264. The Morgan fingerprint density at radius 1 is 1.38 bits per heavy atom. The Morgan fingerprint density at radius 2 is 2.08 bits per heavy atom. The molecule has 0 aliphatic heterocycles. The molecule has 0 unspecified atom stereocenters. The highest BCUT2D eigenvalue weighted by Crippen LogP contribution is 2.18. The van der Waals surface area contributed by atoms with Gasteiger partial charge in [-0.05, 0) is 7.05 Å². The van der Waals surface area contributed by atoms with E-state index in [-0.39, 0.29) is 5.41 Å². The third kappa shape index (κ3) is 2.81. The molecule has 1 rings (SSSR count). The molecule has 0 radical (unpaired) electrons. The van der Waals surface area contributed by atoms with Gasteiger partial charge in [-0.1, -0.05) is 25.9 Å². The maximum absolute atomic E-state index is 5.09. The molecule has 4 nitrogen and oxygen atoms in total. The van der Waals surface area contributed by atoms with Gasteiger partial charge in [0, 0.05) is 18.4 Å². The van der Waals surface area contributed by atoms with Crippen LogP contribution in [-0.2, 0) is 11.8 Å². The van der Waals surface area contributed by atoms with Crippen molar-refractivity contribution in [3.05, 3.63) is 11.7 Å². The lowest BCUT2D eigenvalue weighted by Crippen LogP contribution is -2.14. The van der Waals surface area contributed by atoms with Gasteiger partial charge in [-0.3, -0.25) is 0 Å². The van der Waals surface area contributed by atoms with Gasteiger partial charge in [0.2, 0.25) is 5.89 Å². The largest absolute Gasteiger partial charge is 0.339 e. The first-order valence-electron chi connectivity index (χ1n) is 4.51. The first kappa shape index (κ1) is 10.2. The molecule has 1 N–H and O–H groups in total. The zero-order valence-corrected chi connectivity index (χ0v) is 8.72. The summed E-state index contributed by atoms with van der Waals surface area (Å²) in [5.74, 6) is 1.48. The van der Waals surface area contributed by atoms with Crippen LogP contribution in [0, 0.1) is 0 Å². The van der Waals surface area contributed by atoms with Crippen molar-refractivity contribution >= 4 is 0 Å². The highest BCUT2D eigenvalue weighted by molar-refractivity contribution is 4.99. The summed E-state index contributed by atoms with van der Waals surface area (Å²) in [6.07, 6.45) is 0.791. The van der Waals surface area contributed by atoms with Crippen LogP contribution in [0.25, 0.3) is 0 Å². The van der Waals surface area contributed by atoms with E-state index in [0.29, 0.717) is 5.89 Å². The molecule has 1 heterocycles. The lowest BCUT2D eigenvalue weighted by Gasteiger charge is -2.10. The Morgan fingerprint density at radius 3 is 2.54 bits per heavy atom. The Bertz CT molecular complexity index is 262. The minimum absolute atomic E-state index is 0.0264. The first-order chi connectivity index (χ1) is 6.04.